The van der Waals surface area contributed by atoms with E-state index < -0.39 is 0 Å². The third-order valence-electron chi connectivity index (χ3n) is 3.44. The van der Waals surface area contributed by atoms with Gasteiger partial charge in [0, 0.05) is 23.1 Å². The highest BCUT2D eigenvalue weighted by Gasteiger charge is 2.18. The number of aromatic nitrogens is 4. The fourth-order valence-corrected chi connectivity index (χ4v) is 3.42. The Bertz CT molecular complexity index is 591. The van der Waals surface area contributed by atoms with Crippen molar-refractivity contribution in [3.8, 4) is 0 Å². The summed E-state index contributed by atoms with van der Waals surface area (Å²) in [6, 6.07) is 0. The van der Waals surface area contributed by atoms with Crippen molar-refractivity contribution in [2.24, 2.45) is 0 Å². The van der Waals surface area contributed by atoms with Gasteiger partial charge in [-0.05, 0) is 50.8 Å². The van der Waals surface area contributed by atoms with E-state index in [9.17, 15) is 0 Å². The summed E-state index contributed by atoms with van der Waals surface area (Å²) in [5, 5.41) is 2.02. The van der Waals surface area contributed by atoms with Gasteiger partial charge in [0.15, 0.2) is 5.16 Å². The van der Waals surface area contributed by atoms with E-state index >= 15 is 0 Å². The Morgan fingerprint density at radius 2 is 2.11 bits per heavy atom. The first-order valence-corrected chi connectivity index (χ1v) is 7.66. The van der Waals surface area contributed by atoms with Crippen molar-refractivity contribution < 1.29 is 0 Å². The van der Waals surface area contributed by atoms with E-state index in [0.717, 1.165) is 35.3 Å². The predicted octanol–water partition coefficient (Wildman–Crippen LogP) is 3.10. The summed E-state index contributed by atoms with van der Waals surface area (Å²) in [5.74, 6) is 0.866. The molecule has 1 N–H and O–H groups in total. The molecule has 3 rings (SSSR count). The van der Waals surface area contributed by atoms with Crippen molar-refractivity contribution in [2.45, 2.75) is 56.1 Å². The molecule has 0 unspecified atom stereocenters. The number of aromatic amines is 1. The zero-order valence-corrected chi connectivity index (χ0v) is 12.2. The number of imidazole rings is 1. The fourth-order valence-electron chi connectivity index (χ4n) is 2.42. The minimum atomic E-state index is 0.866. The summed E-state index contributed by atoms with van der Waals surface area (Å²) < 4.78 is 0. The summed E-state index contributed by atoms with van der Waals surface area (Å²) in [6.07, 6.45) is 7.56. The topological polar surface area (TPSA) is 54.5 Å². The second-order valence-electron chi connectivity index (χ2n) is 4.88. The number of aryl methyl sites for hydroxylation is 3. The van der Waals surface area contributed by atoms with E-state index in [1.54, 1.807) is 11.8 Å². The molecule has 19 heavy (non-hydrogen) atoms. The number of H-pyrrole nitrogens is 1. The molecule has 2 aromatic rings. The highest BCUT2D eigenvalue weighted by Crippen LogP contribution is 2.31. The van der Waals surface area contributed by atoms with Gasteiger partial charge in [-0.15, -0.1) is 0 Å². The van der Waals surface area contributed by atoms with Crippen LogP contribution in [0.1, 0.15) is 42.5 Å². The van der Waals surface area contributed by atoms with Crippen LogP contribution >= 0.6 is 11.8 Å². The van der Waals surface area contributed by atoms with Crippen LogP contribution in [-0.4, -0.2) is 19.9 Å². The fraction of sp³-hybridized carbons (Fsp3) is 0.500. The van der Waals surface area contributed by atoms with Gasteiger partial charge in [-0.3, -0.25) is 0 Å². The van der Waals surface area contributed by atoms with Crippen molar-refractivity contribution in [2.75, 3.05) is 0 Å². The second kappa shape index (κ2) is 5.33. The molecular formula is C14H18N4S. The predicted molar refractivity (Wildman–Crippen MR) is 75.5 cm³/mol. The standard InChI is InChI=1S/C14H18N4S/c1-3-10-8-15-14(18-10)19-13-11-6-4-5-7-12(11)16-9(2)17-13/h8H,3-7H2,1-2H3,(H,15,18). The molecule has 0 saturated carbocycles. The molecule has 0 saturated heterocycles. The minimum absolute atomic E-state index is 0.866. The van der Waals surface area contributed by atoms with Gasteiger partial charge in [0.25, 0.3) is 0 Å². The molecular weight excluding hydrogens is 256 g/mol. The first-order valence-electron chi connectivity index (χ1n) is 6.84. The number of nitrogens with zero attached hydrogens (tertiary/aromatic N) is 3. The third kappa shape index (κ3) is 2.66. The number of fused-ring (bicyclic) bond motifs is 1. The highest BCUT2D eigenvalue weighted by molar-refractivity contribution is 7.99. The van der Waals surface area contributed by atoms with Crippen LogP contribution in [0.4, 0.5) is 0 Å². The van der Waals surface area contributed by atoms with Crippen LogP contribution in [0.3, 0.4) is 0 Å². The number of hydrogen-bond acceptors (Lipinski definition) is 4. The average Bonchev–Trinajstić information content (AvgIpc) is 2.86. The lowest BCUT2D eigenvalue weighted by Crippen LogP contribution is -2.10. The van der Waals surface area contributed by atoms with Crippen molar-refractivity contribution in [3.63, 3.8) is 0 Å². The Labute approximate surface area is 117 Å². The minimum Gasteiger partial charge on any atom is -0.337 e. The van der Waals surface area contributed by atoms with E-state index in [0.29, 0.717) is 0 Å². The average molecular weight is 274 g/mol. The smallest absolute Gasteiger partial charge is 0.171 e. The molecule has 0 radical (unpaired) electrons. The van der Waals surface area contributed by atoms with Gasteiger partial charge in [-0.25, -0.2) is 15.0 Å². The molecule has 0 amide bonds. The molecule has 2 heterocycles. The maximum absolute atomic E-state index is 4.61. The van der Waals surface area contributed by atoms with Crippen LogP contribution in [0.2, 0.25) is 0 Å². The molecule has 5 heteroatoms. The van der Waals surface area contributed by atoms with E-state index in [-0.39, 0.29) is 0 Å². The van der Waals surface area contributed by atoms with Gasteiger partial charge in [0.1, 0.15) is 10.9 Å². The molecule has 0 spiro atoms. The summed E-state index contributed by atoms with van der Waals surface area (Å²) in [5.41, 5.74) is 3.74. The molecule has 0 fully saturated rings. The molecule has 2 aromatic heterocycles. The monoisotopic (exact) mass is 274 g/mol. The van der Waals surface area contributed by atoms with Gasteiger partial charge >= 0.3 is 0 Å². The molecule has 100 valence electrons. The maximum atomic E-state index is 4.61. The Hall–Kier alpha value is -1.36. The van der Waals surface area contributed by atoms with Gasteiger partial charge < -0.3 is 4.98 Å². The van der Waals surface area contributed by atoms with Crippen LogP contribution in [0.25, 0.3) is 0 Å². The summed E-state index contributed by atoms with van der Waals surface area (Å²) in [6.45, 7) is 4.09. The second-order valence-corrected chi connectivity index (χ2v) is 5.86. The zero-order valence-electron chi connectivity index (χ0n) is 11.4. The molecule has 4 nitrogen and oxygen atoms in total. The number of nitrogens with one attached hydrogen (secondary N) is 1. The largest absolute Gasteiger partial charge is 0.337 e. The Kier molecular flexibility index (Phi) is 3.55. The molecule has 0 aromatic carbocycles. The van der Waals surface area contributed by atoms with E-state index in [1.165, 1.54) is 29.8 Å². The Morgan fingerprint density at radius 3 is 2.89 bits per heavy atom. The van der Waals surface area contributed by atoms with E-state index in [1.807, 2.05) is 13.1 Å². The van der Waals surface area contributed by atoms with Crippen LogP contribution in [-0.2, 0) is 19.3 Å². The lowest BCUT2D eigenvalue weighted by atomic mass is 9.97. The number of hydrogen-bond donors (Lipinski definition) is 1. The van der Waals surface area contributed by atoms with Crippen molar-refractivity contribution in [3.05, 3.63) is 29.0 Å². The van der Waals surface area contributed by atoms with Gasteiger partial charge in [-0.2, -0.15) is 0 Å². The lowest BCUT2D eigenvalue weighted by molar-refractivity contribution is 0.640. The van der Waals surface area contributed by atoms with Crippen LogP contribution in [0.5, 0.6) is 0 Å². The summed E-state index contributed by atoms with van der Waals surface area (Å²) in [4.78, 5) is 16.9. The number of rotatable bonds is 3. The molecule has 1 aliphatic carbocycles. The van der Waals surface area contributed by atoms with E-state index in [4.69, 9.17) is 0 Å². The SMILES string of the molecule is CCc1cnc(Sc2nc(C)nc3c2CCCC3)[nH]1. The quantitative estimate of drug-likeness (QED) is 0.874. The molecule has 0 bridgehead atoms. The zero-order chi connectivity index (χ0) is 13.2. The summed E-state index contributed by atoms with van der Waals surface area (Å²) >= 11 is 1.63. The highest BCUT2D eigenvalue weighted by atomic mass is 32.2. The summed E-state index contributed by atoms with van der Waals surface area (Å²) in [7, 11) is 0. The lowest BCUT2D eigenvalue weighted by Gasteiger charge is -2.17. The first-order chi connectivity index (χ1) is 9.26. The van der Waals surface area contributed by atoms with Crippen molar-refractivity contribution in [1.29, 1.82) is 0 Å². The van der Waals surface area contributed by atoms with Crippen LogP contribution < -0.4 is 0 Å². The Balaban J connectivity index is 1.93. The van der Waals surface area contributed by atoms with Crippen LogP contribution in [0, 0.1) is 6.92 Å². The van der Waals surface area contributed by atoms with Crippen molar-refractivity contribution >= 4 is 11.8 Å². The molecule has 1 aliphatic rings. The third-order valence-corrected chi connectivity index (χ3v) is 4.37. The maximum Gasteiger partial charge on any atom is 0.171 e. The van der Waals surface area contributed by atoms with Gasteiger partial charge in [0.2, 0.25) is 0 Å². The first kappa shape index (κ1) is 12.7. The van der Waals surface area contributed by atoms with Gasteiger partial charge in [0.05, 0.1) is 0 Å². The van der Waals surface area contributed by atoms with Crippen molar-refractivity contribution in [1.82, 2.24) is 19.9 Å². The van der Waals surface area contributed by atoms with Crippen LogP contribution in [0.15, 0.2) is 16.4 Å². The van der Waals surface area contributed by atoms with Gasteiger partial charge in [-0.1, -0.05) is 6.92 Å². The normalized spacial score (nSPS) is 14.4. The Morgan fingerprint density at radius 1 is 1.26 bits per heavy atom. The molecule has 0 aliphatic heterocycles. The molecule has 0 atom stereocenters. The van der Waals surface area contributed by atoms with E-state index in [2.05, 4.69) is 26.9 Å².